The van der Waals surface area contributed by atoms with Crippen molar-refractivity contribution in [2.45, 2.75) is 12.3 Å². The number of hydrogen-bond donors (Lipinski definition) is 0. The van der Waals surface area contributed by atoms with Gasteiger partial charge in [0.2, 0.25) is 0 Å². The molecule has 0 spiro atoms. The molecule has 16 heavy (non-hydrogen) atoms. The molecule has 0 amide bonds. The second-order valence-corrected chi connectivity index (χ2v) is 5.62. The minimum Gasteiger partial charge on any atom is -0.206 e. The third-order valence-corrected chi connectivity index (χ3v) is 4.24. The molecule has 84 valence electrons. The predicted octanol–water partition coefficient (Wildman–Crippen LogP) is 4.41. The molecule has 1 aromatic heterocycles. The van der Waals surface area contributed by atoms with Crippen molar-refractivity contribution in [2.24, 2.45) is 0 Å². The first-order chi connectivity index (χ1) is 7.59. The summed E-state index contributed by atoms with van der Waals surface area (Å²) in [5.41, 5.74) is 0.695. The molecule has 0 fully saturated rings. The topological polar surface area (TPSA) is 25.8 Å². The summed E-state index contributed by atoms with van der Waals surface area (Å²) in [6.45, 7) is 1.83. The number of halogens is 3. The molecule has 0 N–H and O–H groups in total. The van der Waals surface area contributed by atoms with Crippen molar-refractivity contribution >= 4 is 38.9 Å². The Morgan fingerprint density at radius 2 is 2.19 bits per heavy atom. The van der Waals surface area contributed by atoms with Crippen LogP contribution in [0.5, 0.6) is 0 Å². The van der Waals surface area contributed by atoms with E-state index in [1.165, 1.54) is 17.4 Å². The van der Waals surface area contributed by atoms with E-state index < -0.39 is 0 Å². The minimum atomic E-state index is -0.312. The van der Waals surface area contributed by atoms with E-state index in [2.05, 4.69) is 26.1 Å². The summed E-state index contributed by atoms with van der Waals surface area (Å²) >= 11 is 10.5. The highest BCUT2D eigenvalue weighted by molar-refractivity contribution is 9.10. The van der Waals surface area contributed by atoms with Crippen LogP contribution in [-0.2, 0) is 0 Å². The lowest BCUT2D eigenvalue weighted by molar-refractivity contribution is 0.621. The van der Waals surface area contributed by atoms with Crippen molar-refractivity contribution in [3.05, 3.63) is 33.5 Å². The van der Waals surface area contributed by atoms with E-state index in [0.717, 1.165) is 5.01 Å². The molecular formula is C10H7BrClFN2S. The fourth-order valence-corrected chi connectivity index (χ4v) is 2.74. The van der Waals surface area contributed by atoms with Crippen LogP contribution in [0, 0.1) is 5.82 Å². The Hall–Kier alpha value is -0.520. The maximum Gasteiger partial charge on any atom is 0.149 e. The van der Waals surface area contributed by atoms with E-state index in [0.29, 0.717) is 15.0 Å². The standard InChI is InChI=1S/C10H7BrClFN2S/c1-5(12)9-14-15-10(16-9)6-3-2-4-7(13)8(6)11/h2-5H,1H3. The molecule has 2 rings (SSSR count). The van der Waals surface area contributed by atoms with Crippen LogP contribution in [0.15, 0.2) is 22.7 Å². The Morgan fingerprint density at radius 1 is 1.44 bits per heavy atom. The second kappa shape index (κ2) is 4.77. The lowest BCUT2D eigenvalue weighted by atomic mass is 10.2. The fourth-order valence-electron chi connectivity index (χ4n) is 1.17. The zero-order valence-corrected chi connectivity index (χ0v) is 11.4. The molecule has 1 heterocycles. The van der Waals surface area contributed by atoms with Gasteiger partial charge in [0.1, 0.15) is 15.8 Å². The number of alkyl halides is 1. The molecular weight excluding hydrogens is 315 g/mol. The van der Waals surface area contributed by atoms with E-state index in [9.17, 15) is 4.39 Å². The summed E-state index contributed by atoms with van der Waals surface area (Å²) in [5.74, 6) is -0.312. The van der Waals surface area contributed by atoms with Gasteiger partial charge in [-0.25, -0.2) is 4.39 Å². The van der Waals surface area contributed by atoms with Crippen LogP contribution < -0.4 is 0 Å². The molecule has 1 unspecified atom stereocenters. The van der Waals surface area contributed by atoms with Crippen molar-refractivity contribution in [2.75, 3.05) is 0 Å². The highest BCUT2D eigenvalue weighted by atomic mass is 79.9. The minimum absolute atomic E-state index is 0.182. The summed E-state index contributed by atoms with van der Waals surface area (Å²) in [4.78, 5) is 0. The normalized spacial score (nSPS) is 12.8. The largest absolute Gasteiger partial charge is 0.206 e. The maximum atomic E-state index is 13.3. The Morgan fingerprint density at radius 3 is 2.81 bits per heavy atom. The number of aromatic nitrogens is 2. The van der Waals surface area contributed by atoms with E-state index in [1.54, 1.807) is 12.1 Å². The number of hydrogen-bond acceptors (Lipinski definition) is 3. The van der Waals surface area contributed by atoms with E-state index in [-0.39, 0.29) is 11.2 Å². The molecule has 0 aliphatic carbocycles. The summed E-state index contributed by atoms with van der Waals surface area (Å²) in [6, 6.07) is 4.82. The molecule has 0 saturated heterocycles. The number of nitrogens with zero attached hydrogens (tertiary/aromatic N) is 2. The van der Waals surface area contributed by atoms with Crippen LogP contribution >= 0.6 is 38.9 Å². The third-order valence-electron chi connectivity index (χ3n) is 1.96. The fraction of sp³-hybridized carbons (Fsp3) is 0.200. The Kier molecular flexibility index (Phi) is 3.56. The first-order valence-electron chi connectivity index (χ1n) is 4.51. The van der Waals surface area contributed by atoms with Crippen molar-refractivity contribution < 1.29 is 4.39 Å². The molecule has 0 aliphatic rings. The Bertz CT molecular complexity index is 515. The molecule has 1 aromatic carbocycles. The molecule has 0 bridgehead atoms. The van der Waals surface area contributed by atoms with Crippen molar-refractivity contribution in [3.63, 3.8) is 0 Å². The van der Waals surface area contributed by atoms with Gasteiger partial charge in [-0.15, -0.1) is 21.8 Å². The van der Waals surface area contributed by atoms with Crippen molar-refractivity contribution in [1.82, 2.24) is 10.2 Å². The van der Waals surface area contributed by atoms with Gasteiger partial charge in [0, 0.05) is 5.56 Å². The smallest absolute Gasteiger partial charge is 0.149 e. The Balaban J connectivity index is 2.47. The van der Waals surface area contributed by atoms with E-state index >= 15 is 0 Å². The molecule has 0 saturated carbocycles. The van der Waals surface area contributed by atoms with E-state index in [1.807, 2.05) is 6.92 Å². The van der Waals surface area contributed by atoms with Gasteiger partial charge in [0.15, 0.2) is 0 Å². The predicted molar refractivity (Wildman–Crippen MR) is 67.3 cm³/mol. The van der Waals surface area contributed by atoms with Crippen LogP contribution in [0.25, 0.3) is 10.6 Å². The van der Waals surface area contributed by atoms with Crippen LogP contribution in [0.3, 0.4) is 0 Å². The average molecular weight is 322 g/mol. The first kappa shape index (κ1) is 12.0. The summed E-state index contributed by atoms with van der Waals surface area (Å²) in [5, 5.41) is 9.16. The van der Waals surface area contributed by atoms with Crippen LogP contribution in [0.4, 0.5) is 4.39 Å². The summed E-state index contributed by atoms with van der Waals surface area (Å²) in [6.07, 6.45) is 0. The SMILES string of the molecule is CC(Cl)c1nnc(-c2cccc(F)c2Br)s1. The summed E-state index contributed by atoms with van der Waals surface area (Å²) in [7, 11) is 0. The maximum absolute atomic E-state index is 13.3. The highest BCUT2D eigenvalue weighted by Crippen LogP contribution is 2.34. The Labute approximate surface area is 110 Å². The van der Waals surface area contributed by atoms with Gasteiger partial charge >= 0.3 is 0 Å². The molecule has 6 heteroatoms. The summed E-state index contributed by atoms with van der Waals surface area (Å²) < 4.78 is 13.7. The van der Waals surface area contributed by atoms with E-state index in [4.69, 9.17) is 11.6 Å². The molecule has 1 atom stereocenters. The zero-order chi connectivity index (χ0) is 11.7. The van der Waals surface area contributed by atoms with Crippen molar-refractivity contribution in [3.8, 4) is 10.6 Å². The van der Waals surface area contributed by atoms with Gasteiger partial charge < -0.3 is 0 Å². The van der Waals surface area contributed by atoms with Crippen molar-refractivity contribution in [1.29, 1.82) is 0 Å². The van der Waals surface area contributed by atoms with Crippen LogP contribution in [-0.4, -0.2) is 10.2 Å². The van der Waals surface area contributed by atoms with Gasteiger partial charge in [-0.3, -0.25) is 0 Å². The molecule has 2 aromatic rings. The number of benzene rings is 1. The van der Waals surface area contributed by atoms with Gasteiger partial charge in [-0.05, 0) is 28.9 Å². The van der Waals surface area contributed by atoms with Gasteiger partial charge in [0.25, 0.3) is 0 Å². The number of rotatable bonds is 2. The first-order valence-corrected chi connectivity index (χ1v) is 6.56. The highest BCUT2D eigenvalue weighted by Gasteiger charge is 2.14. The lowest BCUT2D eigenvalue weighted by Gasteiger charge is -2.00. The molecule has 2 nitrogen and oxygen atoms in total. The second-order valence-electron chi connectivity index (χ2n) is 3.16. The van der Waals surface area contributed by atoms with Crippen LogP contribution in [0.1, 0.15) is 17.3 Å². The monoisotopic (exact) mass is 320 g/mol. The van der Waals surface area contributed by atoms with Gasteiger partial charge in [-0.1, -0.05) is 23.5 Å². The quantitative estimate of drug-likeness (QED) is 0.766. The lowest BCUT2D eigenvalue weighted by Crippen LogP contribution is -1.83. The molecule has 0 radical (unpaired) electrons. The third kappa shape index (κ3) is 2.26. The van der Waals surface area contributed by atoms with Gasteiger partial charge in [-0.2, -0.15) is 0 Å². The average Bonchev–Trinajstić information content (AvgIpc) is 2.71. The van der Waals surface area contributed by atoms with Crippen LogP contribution in [0.2, 0.25) is 0 Å². The molecule has 0 aliphatic heterocycles. The van der Waals surface area contributed by atoms with Gasteiger partial charge in [0.05, 0.1) is 9.85 Å². The zero-order valence-electron chi connectivity index (χ0n) is 8.25.